The number of rotatable bonds is 8. The normalized spacial score (nSPS) is 38.4. The average Bonchev–Trinajstić information content (AvgIpc) is 3.19. The van der Waals surface area contributed by atoms with Crippen molar-refractivity contribution in [2.24, 2.45) is 46.2 Å². The van der Waals surface area contributed by atoms with Crippen molar-refractivity contribution in [2.75, 3.05) is 13.2 Å². The van der Waals surface area contributed by atoms with E-state index in [-0.39, 0.29) is 0 Å². The Morgan fingerprint density at radius 2 is 1.71 bits per heavy atom. The smallest absolute Gasteiger partial charge is 0.0613 e. The van der Waals surface area contributed by atoms with Crippen LogP contribution in [0, 0.1) is 40.4 Å². The van der Waals surface area contributed by atoms with Crippen molar-refractivity contribution >= 4 is 0 Å². The summed E-state index contributed by atoms with van der Waals surface area (Å²) in [5, 5.41) is 0. The van der Waals surface area contributed by atoms with Crippen molar-refractivity contribution in [1.29, 1.82) is 0 Å². The van der Waals surface area contributed by atoms with E-state index < -0.39 is 0 Å². The molecule has 4 aliphatic carbocycles. The molecule has 0 amide bonds. The van der Waals surface area contributed by atoms with Crippen LogP contribution in [-0.4, -0.2) is 19.3 Å². The maximum absolute atomic E-state index is 6.06. The van der Waals surface area contributed by atoms with Gasteiger partial charge in [-0.2, -0.15) is 0 Å². The molecule has 3 fully saturated rings. The highest BCUT2D eigenvalue weighted by molar-refractivity contribution is 5.25. The van der Waals surface area contributed by atoms with Crippen LogP contribution in [0.4, 0.5) is 0 Å². The molecule has 3 saturated carbocycles. The van der Waals surface area contributed by atoms with Crippen LogP contribution in [0.2, 0.25) is 0 Å². The Morgan fingerprint density at radius 3 is 2.38 bits per heavy atom. The third-order valence-electron chi connectivity index (χ3n) is 10.3. The molecule has 2 N–H and O–H groups in total. The zero-order valence-electron chi connectivity index (χ0n) is 24.4. The number of ether oxygens (including phenoxy) is 1. The Bertz CT molecular complexity index is 612. The van der Waals surface area contributed by atoms with Crippen molar-refractivity contribution in [3.05, 3.63) is 11.6 Å². The van der Waals surface area contributed by atoms with Crippen molar-refractivity contribution in [3.8, 4) is 0 Å². The Morgan fingerprint density at radius 1 is 0.971 bits per heavy atom. The van der Waals surface area contributed by atoms with Crippen LogP contribution in [0.5, 0.6) is 0 Å². The Hall–Kier alpha value is -0.340. The lowest BCUT2D eigenvalue weighted by Crippen LogP contribution is -2.50. The Labute approximate surface area is 214 Å². The standard InChI is InChI=1S/C28H49NO.2C2H6/c1-20(2)7-5-6-8-21-10-12-25-24-11-9-22-19-23(30-18-17-29)13-15-28(22,4)26(24)14-16-27(21,25)3;2*1-2/h9,20-21,23-26H,5-8,10-19,29H2,1-4H3;2*1-2H3. The van der Waals surface area contributed by atoms with Crippen LogP contribution < -0.4 is 5.73 Å². The second-order valence-electron chi connectivity index (χ2n) is 12.3. The molecule has 4 rings (SSSR count). The molecular weight excluding hydrogens is 414 g/mol. The maximum Gasteiger partial charge on any atom is 0.0613 e. The number of hydrogen-bond acceptors (Lipinski definition) is 2. The minimum Gasteiger partial charge on any atom is -0.377 e. The summed E-state index contributed by atoms with van der Waals surface area (Å²) < 4.78 is 6.06. The zero-order chi connectivity index (χ0) is 25.4. The van der Waals surface area contributed by atoms with Gasteiger partial charge in [0.1, 0.15) is 0 Å². The van der Waals surface area contributed by atoms with Crippen molar-refractivity contribution in [2.45, 2.75) is 139 Å². The predicted octanol–water partition coefficient (Wildman–Crippen LogP) is 9.18. The summed E-state index contributed by atoms with van der Waals surface area (Å²) in [5.41, 5.74) is 8.49. The molecule has 0 aromatic heterocycles. The second kappa shape index (κ2) is 13.8. The van der Waals surface area contributed by atoms with Gasteiger partial charge in [0, 0.05) is 6.54 Å². The first-order valence-corrected chi connectivity index (χ1v) is 15.4. The van der Waals surface area contributed by atoms with E-state index >= 15 is 0 Å². The molecule has 0 aliphatic heterocycles. The first kappa shape index (κ1) is 29.9. The van der Waals surface area contributed by atoms with Crippen LogP contribution in [0.15, 0.2) is 11.6 Å². The molecule has 0 aromatic carbocycles. The summed E-state index contributed by atoms with van der Waals surface area (Å²) in [5.74, 6) is 4.71. The SMILES string of the molecule is CC.CC.CC(C)CCCCC1CCC2C3CC=C4CC(OCCN)CCC4(C)C3CCC12C. The van der Waals surface area contributed by atoms with Gasteiger partial charge < -0.3 is 10.5 Å². The topological polar surface area (TPSA) is 35.2 Å². The van der Waals surface area contributed by atoms with Crippen molar-refractivity contribution < 1.29 is 4.74 Å². The van der Waals surface area contributed by atoms with E-state index in [9.17, 15) is 0 Å². The monoisotopic (exact) mass is 475 g/mol. The van der Waals surface area contributed by atoms with Crippen molar-refractivity contribution in [1.82, 2.24) is 0 Å². The molecule has 2 heteroatoms. The van der Waals surface area contributed by atoms with Crippen LogP contribution in [0.3, 0.4) is 0 Å². The fraction of sp³-hybridized carbons (Fsp3) is 0.938. The number of hydrogen-bond donors (Lipinski definition) is 1. The second-order valence-corrected chi connectivity index (χ2v) is 12.3. The van der Waals surface area contributed by atoms with Gasteiger partial charge in [0.05, 0.1) is 12.7 Å². The van der Waals surface area contributed by atoms with Gasteiger partial charge in [0.15, 0.2) is 0 Å². The van der Waals surface area contributed by atoms with Gasteiger partial charge in [-0.1, -0.05) is 86.3 Å². The molecule has 0 spiro atoms. The number of nitrogens with two attached hydrogens (primary N) is 1. The van der Waals surface area contributed by atoms with Crippen molar-refractivity contribution in [3.63, 3.8) is 0 Å². The fourth-order valence-electron chi connectivity index (χ4n) is 8.53. The highest BCUT2D eigenvalue weighted by Gasteiger charge is 2.58. The number of unbranched alkanes of at least 4 members (excludes halogenated alkanes) is 1. The zero-order valence-corrected chi connectivity index (χ0v) is 24.4. The third-order valence-corrected chi connectivity index (χ3v) is 10.3. The van der Waals surface area contributed by atoms with E-state index in [1.807, 2.05) is 27.7 Å². The first-order chi connectivity index (χ1) is 16.4. The minimum atomic E-state index is 0.417. The van der Waals surface area contributed by atoms with Crippen LogP contribution in [0.25, 0.3) is 0 Å². The van der Waals surface area contributed by atoms with E-state index in [1.54, 1.807) is 5.57 Å². The van der Waals surface area contributed by atoms with Gasteiger partial charge in [0.25, 0.3) is 0 Å². The minimum absolute atomic E-state index is 0.417. The van der Waals surface area contributed by atoms with E-state index in [2.05, 4.69) is 33.8 Å². The average molecular weight is 476 g/mol. The Balaban J connectivity index is 0.000000970. The molecule has 200 valence electrons. The molecule has 4 aliphatic rings. The maximum atomic E-state index is 6.06. The largest absolute Gasteiger partial charge is 0.377 e. The lowest BCUT2D eigenvalue weighted by Gasteiger charge is -2.58. The molecule has 0 radical (unpaired) electrons. The lowest BCUT2D eigenvalue weighted by atomic mass is 9.47. The van der Waals surface area contributed by atoms with E-state index in [1.165, 1.54) is 77.0 Å². The van der Waals surface area contributed by atoms with Crippen LogP contribution >= 0.6 is 0 Å². The van der Waals surface area contributed by atoms with Gasteiger partial charge >= 0.3 is 0 Å². The summed E-state index contributed by atoms with van der Waals surface area (Å²) in [4.78, 5) is 0. The third kappa shape index (κ3) is 6.31. The molecule has 7 atom stereocenters. The molecule has 34 heavy (non-hydrogen) atoms. The summed E-state index contributed by atoms with van der Waals surface area (Å²) in [6.07, 6.45) is 20.0. The van der Waals surface area contributed by atoms with Crippen LogP contribution in [-0.2, 0) is 4.74 Å². The molecule has 0 heterocycles. The number of allylic oxidation sites excluding steroid dienone is 1. The molecule has 2 nitrogen and oxygen atoms in total. The Kier molecular flexibility index (Phi) is 12.2. The van der Waals surface area contributed by atoms with Gasteiger partial charge in [-0.15, -0.1) is 0 Å². The summed E-state index contributed by atoms with van der Waals surface area (Å²) in [6, 6.07) is 0. The molecule has 0 bridgehead atoms. The van der Waals surface area contributed by atoms with E-state index in [4.69, 9.17) is 10.5 Å². The van der Waals surface area contributed by atoms with E-state index in [0.717, 1.165) is 36.2 Å². The lowest BCUT2D eigenvalue weighted by molar-refractivity contribution is -0.0581. The molecule has 0 saturated heterocycles. The number of fused-ring (bicyclic) bond motifs is 5. The fourth-order valence-corrected chi connectivity index (χ4v) is 8.53. The summed E-state index contributed by atoms with van der Waals surface area (Å²) in [6.45, 7) is 19.4. The van der Waals surface area contributed by atoms with Gasteiger partial charge in [0.2, 0.25) is 0 Å². The van der Waals surface area contributed by atoms with E-state index in [0.29, 0.717) is 23.5 Å². The molecular formula is C32H61NO. The van der Waals surface area contributed by atoms with Gasteiger partial charge in [-0.3, -0.25) is 0 Å². The highest BCUT2D eigenvalue weighted by atomic mass is 16.5. The highest BCUT2D eigenvalue weighted by Crippen LogP contribution is 2.66. The van der Waals surface area contributed by atoms with Gasteiger partial charge in [-0.05, 0) is 98.2 Å². The molecule has 0 aromatic rings. The summed E-state index contributed by atoms with van der Waals surface area (Å²) >= 11 is 0. The van der Waals surface area contributed by atoms with Gasteiger partial charge in [-0.25, -0.2) is 0 Å². The first-order valence-electron chi connectivity index (χ1n) is 15.4. The molecule has 7 unspecified atom stereocenters. The van der Waals surface area contributed by atoms with Crippen LogP contribution in [0.1, 0.15) is 132 Å². The quantitative estimate of drug-likeness (QED) is 0.280. The summed E-state index contributed by atoms with van der Waals surface area (Å²) in [7, 11) is 0. The predicted molar refractivity (Wildman–Crippen MR) is 150 cm³/mol.